The van der Waals surface area contributed by atoms with Crippen LogP contribution in [0.2, 0.25) is 0 Å². The van der Waals surface area contributed by atoms with Crippen LogP contribution in [-0.2, 0) is 9.47 Å². The van der Waals surface area contributed by atoms with Gasteiger partial charge >= 0.3 is 0 Å². The minimum absolute atomic E-state index is 0. The number of nitrogens with zero attached hydrogens (tertiary/aromatic N) is 1. The third-order valence-corrected chi connectivity index (χ3v) is 4.06. The Kier molecular flexibility index (Phi) is 9.32. The van der Waals surface area contributed by atoms with E-state index in [4.69, 9.17) is 18.9 Å². The zero-order valence-corrected chi connectivity index (χ0v) is 16.4. The van der Waals surface area contributed by atoms with Crippen molar-refractivity contribution >= 4 is 5.91 Å². The molecule has 0 saturated heterocycles. The number of amides is 1. The number of methoxy groups -OCH3 is 2. The largest absolute Gasteiger partial charge is 0.493 e. The van der Waals surface area contributed by atoms with Crippen LogP contribution >= 0.6 is 0 Å². The lowest BCUT2D eigenvalue weighted by atomic mass is 10.1. The Balaban J connectivity index is 0.00000392. The van der Waals surface area contributed by atoms with Gasteiger partial charge in [-0.1, -0.05) is 20.1 Å². The summed E-state index contributed by atoms with van der Waals surface area (Å²) in [6, 6.07) is 3.51. The van der Waals surface area contributed by atoms with Gasteiger partial charge in [-0.2, -0.15) is 0 Å². The number of aryl methyl sites for hydroxylation is 1. The average Bonchev–Trinajstić information content (AvgIpc) is 3.08. The van der Waals surface area contributed by atoms with Crippen LogP contribution in [0.5, 0.6) is 11.5 Å². The van der Waals surface area contributed by atoms with Crippen LogP contribution < -0.4 is 9.47 Å². The molecule has 0 radical (unpaired) electrons. The Hall–Kier alpha value is -2.73. The second-order valence-corrected chi connectivity index (χ2v) is 6.00. The molecule has 1 unspecified atom stereocenters. The molecule has 1 aromatic carbocycles. The van der Waals surface area contributed by atoms with Crippen LogP contribution in [0, 0.1) is 6.92 Å². The van der Waals surface area contributed by atoms with Gasteiger partial charge in [0, 0.05) is 25.7 Å². The third-order valence-electron chi connectivity index (χ3n) is 4.06. The van der Waals surface area contributed by atoms with Crippen LogP contribution in [0.4, 0.5) is 0 Å². The van der Waals surface area contributed by atoms with Crippen molar-refractivity contribution in [3.8, 4) is 11.5 Å². The summed E-state index contributed by atoms with van der Waals surface area (Å²) in [4.78, 5) is 14.6. The number of allylic oxidation sites excluding steroid dienone is 2. The highest BCUT2D eigenvalue weighted by Gasteiger charge is 2.30. The number of hydrogen-bond acceptors (Lipinski definition) is 5. The van der Waals surface area contributed by atoms with Gasteiger partial charge in [-0.25, -0.2) is 0 Å². The van der Waals surface area contributed by atoms with E-state index in [0.29, 0.717) is 36.0 Å². The molecule has 1 heterocycles. The molecule has 0 bridgehead atoms. The highest BCUT2D eigenvalue weighted by molar-refractivity contribution is 5.97. The number of benzene rings is 1. The molecule has 6 heteroatoms. The van der Waals surface area contributed by atoms with Gasteiger partial charge < -0.3 is 18.9 Å². The molecule has 0 fully saturated rings. The van der Waals surface area contributed by atoms with Gasteiger partial charge in [-0.05, 0) is 43.7 Å². The summed E-state index contributed by atoms with van der Waals surface area (Å²) in [7, 11) is 3.20. The summed E-state index contributed by atoms with van der Waals surface area (Å²) in [5.74, 6) is 1.53. The number of carbonyl (C=O) groups is 1. The number of rotatable bonds is 9. The molecule has 6 nitrogen and oxygen atoms in total. The second-order valence-electron chi connectivity index (χ2n) is 6.00. The van der Waals surface area contributed by atoms with E-state index in [1.807, 2.05) is 26.0 Å². The minimum atomic E-state index is -0.543. The maximum Gasteiger partial charge on any atom is 0.261 e. The maximum absolute atomic E-state index is 13.1. The van der Waals surface area contributed by atoms with Crippen molar-refractivity contribution in [2.45, 2.75) is 33.9 Å². The van der Waals surface area contributed by atoms with E-state index in [9.17, 15) is 4.79 Å². The molecule has 0 aliphatic carbocycles. The molecule has 0 spiro atoms. The smallest absolute Gasteiger partial charge is 0.261 e. The molecule has 0 saturated carbocycles. The normalized spacial score (nSPS) is 15.6. The first-order chi connectivity index (χ1) is 13.0. The molecule has 1 aliphatic heterocycles. The summed E-state index contributed by atoms with van der Waals surface area (Å²) in [5.41, 5.74) is 1.31. The molecular weight excluding hydrogens is 358 g/mol. The molecule has 1 atom stereocenters. The molecule has 0 aromatic heterocycles. The van der Waals surface area contributed by atoms with Gasteiger partial charge in [-0.3, -0.25) is 9.69 Å². The van der Waals surface area contributed by atoms with Crippen LogP contribution in [0.25, 0.3) is 0 Å². The minimum Gasteiger partial charge on any atom is -0.493 e. The van der Waals surface area contributed by atoms with Crippen molar-refractivity contribution in [2.24, 2.45) is 0 Å². The fraction of sp³-hybridized carbons (Fsp3) is 0.409. The topological polar surface area (TPSA) is 57.2 Å². The molecule has 0 N–H and O–H groups in total. The number of hydrogen-bond donors (Lipinski definition) is 0. The first-order valence-electron chi connectivity index (χ1n) is 8.82. The fourth-order valence-corrected chi connectivity index (χ4v) is 2.71. The van der Waals surface area contributed by atoms with Gasteiger partial charge in [0.1, 0.15) is 5.76 Å². The first kappa shape index (κ1) is 23.3. The molecular formula is C22H31NO5. The van der Waals surface area contributed by atoms with E-state index in [1.54, 1.807) is 38.6 Å². The van der Waals surface area contributed by atoms with Gasteiger partial charge in [-0.15, -0.1) is 0 Å². The van der Waals surface area contributed by atoms with Crippen LogP contribution in [0.1, 0.15) is 36.7 Å². The zero-order valence-electron chi connectivity index (χ0n) is 16.4. The van der Waals surface area contributed by atoms with Crippen molar-refractivity contribution in [1.82, 2.24) is 4.90 Å². The monoisotopic (exact) mass is 389 g/mol. The van der Waals surface area contributed by atoms with E-state index >= 15 is 0 Å². The maximum atomic E-state index is 13.1. The van der Waals surface area contributed by atoms with Gasteiger partial charge in [0.05, 0.1) is 19.9 Å². The average molecular weight is 389 g/mol. The number of carbonyl (C=O) groups excluding carboxylic acids is 1. The Morgan fingerprint density at radius 2 is 2.04 bits per heavy atom. The summed E-state index contributed by atoms with van der Waals surface area (Å²) >= 11 is 0. The Morgan fingerprint density at radius 1 is 1.29 bits per heavy atom. The van der Waals surface area contributed by atoms with Crippen molar-refractivity contribution in [1.29, 1.82) is 0 Å². The standard InChI is InChI=1S/C21H27NO5.CH4/c1-6-9-16-14-22(20(7-2)27-16)21(23)17-13-18(25-5)19(12-15(17)3)26-11-8-10-24-4;/h6-7,9,12-14,20H,2,8,10-11H2,1,3-5H3;1H4/b9-6+;. The van der Waals surface area contributed by atoms with E-state index < -0.39 is 6.23 Å². The Morgan fingerprint density at radius 3 is 2.64 bits per heavy atom. The Labute approximate surface area is 168 Å². The van der Waals surface area contributed by atoms with E-state index in [-0.39, 0.29) is 13.3 Å². The van der Waals surface area contributed by atoms with Crippen LogP contribution in [0.3, 0.4) is 0 Å². The van der Waals surface area contributed by atoms with Gasteiger partial charge in [0.25, 0.3) is 5.91 Å². The highest BCUT2D eigenvalue weighted by atomic mass is 16.5. The molecule has 1 amide bonds. The van der Waals surface area contributed by atoms with Crippen LogP contribution in [-0.4, -0.2) is 44.5 Å². The first-order valence-corrected chi connectivity index (χ1v) is 8.82. The molecule has 1 aromatic rings. The zero-order chi connectivity index (χ0) is 19.8. The highest BCUT2D eigenvalue weighted by Crippen LogP contribution is 2.32. The summed E-state index contributed by atoms with van der Waals surface area (Å²) in [5, 5.41) is 0. The molecule has 1 aliphatic rings. The lowest BCUT2D eigenvalue weighted by Gasteiger charge is -2.21. The van der Waals surface area contributed by atoms with E-state index in [0.717, 1.165) is 12.0 Å². The molecule has 2 rings (SSSR count). The van der Waals surface area contributed by atoms with Gasteiger partial charge in [0.15, 0.2) is 17.7 Å². The summed E-state index contributed by atoms with van der Waals surface area (Å²) in [6.45, 7) is 8.63. The molecule has 154 valence electrons. The quantitative estimate of drug-likeness (QED) is 0.461. The van der Waals surface area contributed by atoms with Crippen molar-refractivity contribution in [2.75, 3.05) is 27.4 Å². The van der Waals surface area contributed by atoms with Gasteiger partial charge in [0.2, 0.25) is 0 Å². The third kappa shape index (κ3) is 5.39. The number of ether oxygens (including phenoxy) is 4. The van der Waals surface area contributed by atoms with E-state index in [1.165, 1.54) is 4.90 Å². The molecule has 28 heavy (non-hydrogen) atoms. The van der Waals surface area contributed by atoms with E-state index in [2.05, 4.69) is 6.58 Å². The van der Waals surface area contributed by atoms with Crippen molar-refractivity contribution in [3.63, 3.8) is 0 Å². The predicted octanol–water partition coefficient (Wildman–Crippen LogP) is 4.46. The Bertz CT molecular complexity index is 739. The summed E-state index contributed by atoms with van der Waals surface area (Å²) < 4.78 is 21.9. The lowest BCUT2D eigenvalue weighted by molar-refractivity contribution is 0.0549. The second kappa shape index (κ2) is 11.2. The predicted molar refractivity (Wildman–Crippen MR) is 111 cm³/mol. The lowest BCUT2D eigenvalue weighted by Crippen LogP contribution is -2.32. The fourth-order valence-electron chi connectivity index (χ4n) is 2.71. The van der Waals surface area contributed by atoms with Crippen molar-refractivity contribution < 1.29 is 23.7 Å². The SMILES string of the molecule is C.C=CC1OC(/C=C/C)=CN1C(=O)c1cc(OC)c(OCCCOC)cc1C. The summed E-state index contributed by atoms with van der Waals surface area (Å²) in [6.07, 6.45) is 7.14. The van der Waals surface area contributed by atoms with Crippen molar-refractivity contribution in [3.05, 3.63) is 60.0 Å². The van der Waals surface area contributed by atoms with Crippen LogP contribution in [0.15, 0.2) is 48.9 Å².